The molecule has 0 radical (unpaired) electrons. The normalized spacial score (nSPS) is 16.2. The zero-order valence-corrected chi connectivity index (χ0v) is 23.8. The predicted octanol–water partition coefficient (Wildman–Crippen LogP) is 6.66. The average Bonchev–Trinajstić information content (AvgIpc) is 3.65. The maximum atomic E-state index is 12.9. The number of likely N-dealkylation sites (tertiary alicyclic amines) is 1. The Morgan fingerprint density at radius 3 is 2.33 bits per heavy atom. The van der Waals surface area contributed by atoms with Crippen LogP contribution in [-0.2, 0) is 4.79 Å². The molecular weight excluding hydrogens is 486 g/mol. The van der Waals surface area contributed by atoms with Crippen molar-refractivity contribution in [1.82, 2.24) is 15.1 Å². The summed E-state index contributed by atoms with van der Waals surface area (Å²) in [7, 11) is 0. The first kappa shape index (κ1) is 31.2. The lowest BCUT2D eigenvalue weighted by atomic mass is 10.0. The van der Waals surface area contributed by atoms with E-state index in [0.717, 1.165) is 37.1 Å². The molecule has 2 aromatic rings. The van der Waals surface area contributed by atoms with Crippen LogP contribution in [0.25, 0.3) is 0 Å². The predicted molar refractivity (Wildman–Crippen MR) is 156 cm³/mol. The number of nitrogens with two attached hydrogens (primary N) is 1. The molecule has 206 valence electrons. The van der Waals surface area contributed by atoms with Gasteiger partial charge in [0.05, 0.1) is 18.0 Å². The van der Waals surface area contributed by atoms with Crippen molar-refractivity contribution >= 4 is 5.91 Å². The molecule has 1 aliphatic heterocycles. The highest BCUT2D eigenvalue weighted by Crippen LogP contribution is 2.22. The molecule has 1 amide bonds. The summed E-state index contributed by atoms with van der Waals surface area (Å²) in [6.45, 7) is 11.2. The number of nitrogens with zero attached hydrogens (tertiary/aromatic N) is 4. The second-order valence-electron chi connectivity index (χ2n) is 9.61. The summed E-state index contributed by atoms with van der Waals surface area (Å²) in [5, 5.41) is 17.0. The number of nitriles is 1. The number of amides is 1. The summed E-state index contributed by atoms with van der Waals surface area (Å²) in [6.07, 6.45) is 15.9. The lowest BCUT2D eigenvalue weighted by Crippen LogP contribution is -2.28. The second-order valence-corrected chi connectivity index (χ2v) is 9.61. The molecule has 3 rings (SSSR count). The number of hydrogen-bond donors (Lipinski definition) is 1. The first-order chi connectivity index (χ1) is 18.7. The number of aryl methyl sites for hydroxylation is 1. The van der Waals surface area contributed by atoms with Crippen molar-refractivity contribution in [2.24, 2.45) is 5.73 Å². The fraction of sp³-hybridized carbons (Fsp3) is 0.375. The van der Waals surface area contributed by atoms with E-state index in [0.29, 0.717) is 23.8 Å². The summed E-state index contributed by atoms with van der Waals surface area (Å²) in [5.74, 6) is 0.810. The molecule has 1 fully saturated rings. The van der Waals surface area contributed by atoms with E-state index >= 15 is 0 Å². The Morgan fingerprint density at radius 1 is 1.13 bits per heavy atom. The number of hydrogen-bond acceptors (Lipinski definition) is 6. The van der Waals surface area contributed by atoms with Crippen molar-refractivity contribution in [2.75, 3.05) is 13.1 Å². The van der Waals surface area contributed by atoms with E-state index in [1.165, 1.54) is 5.56 Å². The van der Waals surface area contributed by atoms with Gasteiger partial charge in [-0.15, -0.1) is 10.2 Å². The third-order valence-electron chi connectivity index (χ3n) is 6.04. The molecule has 0 aliphatic carbocycles. The number of rotatable bonds is 9. The van der Waals surface area contributed by atoms with Crippen molar-refractivity contribution in [3.8, 4) is 6.07 Å². The van der Waals surface area contributed by atoms with Crippen molar-refractivity contribution < 1.29 is 9.21 Å². The van der Waals surface area contributed by atoms with Crippen LogP contribution in [0.4, 0.5) is 0 Å². The molecule has 0 bridgehead atoms. The molecule has 2 atom stereocenters. The Kier molecular flexibility index (Phi) is 13.4. The van der Waals surface area contributed by atoms with Crippen LogP contribution in [0.3, 0.4) is 0 Å². The largest absolute Gasteiger partial charge is 0.423 e. The Balaban J connectivity index is 0.000000658. The number of aromatic nitrogens is 2. The smallest absolute Gasteiger partial charge is 0.249 e. The molecule has 7 heteroatoms. The molecule has 1 aliphatic rings. The van der Waals surface area contributed by atoms with Crippen LogP contribution in [0.15, 0.2) is 94.0 Å². The van der Waals surface area contributed by atoms with Crippen molar-refractivity contribution in [2.45, 2.75) is 65.8 Å². The molecule has 7 nitrogen and oxygen atoms in total. The summed E-state index contributed by atoms with van der Waals surface area (Å²) in [5.41, 5.74) is 9.41. The van der Waals surface area contributed by atoms with E-state index in [4.69, 9.17) is 15.4 Å². The number of benzene rings is 1. The van der Waals surface area contributed by atoms with Gasteiger partial charge in [-0.3, -0.25) is 4.79 Å². The van der Waals surface area contributed by atoms with Crippen LogP contribution in [-0.4, -0.2) is 34.1 Å². The van der Waals surface area contributed by atoms with Gasteiger partial charge in [-0.25, -0.2) is 0 Å². The Hall–Kier alpha value is -4.02. The second kappa shape index (κ2) is 16.7. The van der Waals surface area contributed by atoms with E-state index in [9.17, 15) is 4.79 Å². The van der Waals surface area contributed by atoms with E-state index in [1.54, 1.807) is 19.9 Å². The van der Waals surface area contributed by atoms with Crippen LogP contribution >= 0.6 is 0 Å². The average molecular weight is 528 g/mol. The summed E-state index contributed by atoms with van der Waals surface area (Å²) in [4.78, 5) is 14.8. The lowest BCUT2D eigenvalue weighted by molar-refractivity contribution is -0.126. The number of carbonyl (C=O) groups excluding carboxylic acids is 1. The van der Waals surface area contributed by atoms with Crippen molar-refractivity contribution in [3.63, 3.8) is 0 Å². The Bertz CT molecular complexity index is 1240. The lowest BCUT2D eigenvalue weighted by Gasteiger charge is -2.17. The third kappa shape index (κ3) is 11.1. The topological polar surface area (TPSA) is 109 Å². The van der Waals surface area contributed by atoms with Gasteiger partial charge >= 0.3 is 0 Å². The Labute approximate surface area is 233 Å². The van der Waals surface area contributed by atoms with Crippen LogP contribution in [0.2, 0.25) is 0 Å². The minimum absolute atomic E-state index is 0.0945. The molecule has 1 aromatic heterocycles. The van der Waals surface area contributed by atoms with Gasteiger partial charge in [0.1, 0.15) is 0 Å². The van der Waals surface area contributed by atoms with Gasteiger partial charge < -0.3 is 15.1 Å². The van der Waals surface area contributed by atoms with Crippen LogP contribution in [0.5, 0.6) is 0 Å². The summed E-state index contributed by atoms with van der Waals surface area (Å²) < 4.78 is 5.69. The standard InChI is InChI=1S/C25H33N5O2.C7H8/c1-5-22(25(31)30-13-9-10-14-30)16-21(12-8-6-7-11-18(2)17-26)15-19(3)23-28-29-24(32-23)20(4)27;1-7-5-3-2-4-6-7/h6-8,11-12,15-16,19-20H,5,9-10,13-14,27H2,1-4H3;2-6H,1H3/b7-6-,12-8+,18-11+,21-15-,22-16+;. The quantitative estimate of drug-likeness (QED) is 0.222. The number of carbonyl (C=O) groups is 1. The van der Waals surface area contributed by atoms with Crippen molar-refractivity contribution in [1.29, 1.82) is 5.26 Å². The van der Waals surface area contributed by atoms with Crippen LogP contribution in [0.1, 0.15) is 76.3 Å². The highest BCUT2D eigenvalue weighted by Gasteiger charge is 2.21. The van der Waals surface area contributed by atoms with E-state index in [-0.39, 0.29) is 17.9 Å². The molecule has 39 heavy (non-hydrogen) atoms. The highest BCUT2D eigenvalue weighted by atomic mass is 16.4. The minimum Gasteiger partial charge on any atom is -0.423 e. The van der Waals surface area contributed by atoms with E-state index < -0.39 is 0 Å². The summed E-state index contributed by atoms with van der Waals surface area (Å²) >= 11 is 0. The maximum Gasteiger partial charge on any atom is 0.249 e. The van der Waals surface area contributed by atoms with E-state index in [1.807, 2.05) is 73.4 Å². The first-order valence-corrected chi connectivity index (χ1v) is 13.5. The molecule has 2 heterocycles. The maximum absolute atomic E-state index is 12.9. The molecular formula is C32H41N5O2. The van der Waals surface area contributed by atoms with E-state index in [2.05, 4.69) is 35.3 Å². The first-order valence-electron chi connectivity index (χ1n) is 13.5. The molecule has 1 aromatic carbocycles. The van der Waals surface area contributed by atoms with Crippen LogP contribution < -0.4 is 5.73 Å². The fourth-order valence-electron chi connectivity index (χ4n) is 3.77. The van der Waals surface area contributed by atoms with Gasteiger partial charge in [-0.05, 0) is 57.8 Å². The van der Waals surface area contributed by atoms with Crippen molar-refractivity contribution in [3.05, 3.63) is 107 Å². The SMILES string of the molecule is CC\C(=C/C(=C\C(C)c1nnc(C(C)N)o1)/C=C/C=C\C=C(/C)C#N)C(=O)N1CCCC1.Cc1ccccc1. The summed E-state index contributed by atoms with van der Waals surface area (Å²) in [6, 6.07) is 12.0. The highest BCUT2D eigenvalue weighted by molar-refractivity contribution is 5.94. The minimum atomic E-state index is -0.327. The van der Waals surface area contributed by atoms with Gasteiger partial charge in [0.15, 0.2) is 0 Å². The fourth-order valence-corrected chi connectivity index (χ4v) is 3.77. The van der Waals surface area contributed by atoms with Gasteiger partial charge in [0.2, 0.25) is 17.7 Å². The van der Waals surface area contributed by atoms with Gasteiger partial charge in [-0.2, -0.15) is 5.26 Å². The molecule has 0 spiro atoms. The molecule has 1 saturated heterocycles. The zero-order chi connectivity index (χ0) is 28.6. The Morgan fingerprint density at radius 2 is 1.79 bits per heavy atom. The van der Waals surface area contributed by atoms with Crippen LogP contribution in [0, 0.1) is 18.3 Å². The molecule has 0 saturated carbocycles. The van der Waals surface area contributed by atoms with Gasteiger partial charge in [0, 0.05) is 24.2 Å². The monoisotopic (exact) mass is 527 g/mol. The number of allylic oxidation sites excluding steroid dienone is 9. The molecule has 2 N–H and O–H groups in total. The zero-order valence-electron chi connectivity index (χ0n) is 23.8. The molecule has 2 unspecified atom stereocenters. The third-order valence-corrected chi connectivity index (χ3v) is 6.04. The van der Waals surface area contributed by atoms with Gasteiger partial charge in [0.25, 0.3) is 0 Å². The van der Waals surface area contributed by atoms with Gasteiger partial charge in [-0.1, -0.05) is 80.1 Å².